The predicted molar refractivity (Wildman–Crippen MR) is 61.8 cm³/mol. The minimum absolute atomic E-state index is 0.758. The van der Waals surface area contributed by atoms with E-state index < -0.39 is 0 Å². The van der Waals surface area contributed by atoms with E-state index in [1.165, 1.54) is 24.9 Å². The molecule has 1 aromatic rings. The molecule has 0 amide bonds. The zero-order chi connectivity index (χ0) is 18.1. The summed E-state index contributed by atoms with van der Waals surface area (Å²) in [4.78, 5) is 0. The molecule has 7 heteroatoms. The van der Waals surface area contributed by atoms with Crippen LogP contribution < -0.4 is 0 Å². The van der Waals surface area contributed by atoms with Crippen LogP contribution in [0.5, 0.6) is 0 Å². The molecule has 0 saturated heterocycles. The normalized spacial score (nSPS) is 5.48. The molecule has 0 aliphatic heterocycles. The summed E-state index contributed by atoms with van der Waals surface area (Å²) >= 11 is 1.38. The standard InChI is InChI=1S/C9H10O.5CO.W/c1-2-10-8-9-6-4-3-5-7-9;5*1-2;/h3-7H,2H2,1H3;;;;;;. The van der Waals surface area contributed by atoms with Crippen LogP contribution in [0, 0.1) is 33.3 Å². The second-order valence-electron chi connectivity index (χ2n) is 2.09. The Kier molecular flexibility index (Phi) is 64.7. The molecule has 0 spiro atoms. The number of ether oxygens (including phenoxy) is 1. The summed E-state index contributed by atoms with van der Waals surface area (Å²) in [6.07, 6.45) is 0. The van der Waals surface area contributed by atoms with E-state index >= 15 is 0 Å². The van der Waals surface area contributed by atoms with Gasteiger partial charge in [0, 0.05) is 0 Å². The number of benzene rings is 1. The van der Waals surface area contributed by atoms with E-state index in [4.69, 9.17) is 28.0 Å². The van der Waals surface area contributed by atoms with Crippen LogP contribution in [0.15, 0.2) is 30.3 Å². The summed E-state index contributed by atoms with van der Waals surface area (Å²) in [5, 5.41) is 0. The molecule has 21 heavy (non-hydrogen) atoms. The molecule has 6 nitrogen and oxygen atoms in total. The van der Waals surface area contributed by atoms with Crippen LogP contribution in [0.3, 0.4) is 0 Å². The van der Waals surface area contributed by atoms with Gasteiger partial charge in [0.05, 0.1) is 0 Å². The Bertz CT molecular complexity index is 382. The number of hydrogen-bond acceptors (Lipinski definition) is 1. The van der Waals surface area contributed by atoms with Gasteiger partial charge in [-0.2, -0.15) is 0 Å². The molecular weight excluding hydrogens is 448 g/mol. The summed E-state index contributed by atoms with van der Waals surface area (Å²) in [6.45, 7) is 25.3. The third-order valence-corrected chi connectivity index (χ3v) is 2.56. The van der Waals surface area contributed by atoms with Crippen LogP contribution in [-0.2, 0) is 47.4 Å². The first-order valence-electron chi connectivity index (χ1n) is 4.59. The molecule has 0 atom stereocenters. The maximum atomic E-state index is 7.50. The molecule has 1 aromatic carbocycles. The zero-order valence-electron chi connectivity index (χ0n) is 11.0. The molecule has 0 N–H and O–H groups in total. The predicted octanol–water partition coefficient (Wildman–Crippen LogP) is 1.56. The van der Waals surface area contributed by atoms with E-state index in [9.17, 15) is 0 Å². The first-order valence-corrected chi connectivity index (χ1v) is 6.05. The number of hydrogen-bond donors (Lipinski definition) is 0. The average molecular weight is 458 g/mol. The van der Waals surface area contributed by atoms with E-state index in [2.05, 4.69) is 45.4 Å². The van der Waals surface area contributed by atoms with E-state index in [-0.39, 0.29) is 0 Å². The van der Waals surface area contributed by atoms with Gasteiger partial charge in [-0.25, -0.2) is 0 Å². The second kappa shape index (κ2) is 42.9. The maximum absolute atomic E-state index is 7.50. The van der Waals surface area contributed by atoms with E-state index in [0.717, 1.165) is 10.7 Å². The van der Waals surface area contributed by atoms with Gasteiger partial charge < -0.3 is 0 Å². The van der Waals surface area contributed by atoms with Gasteiger partial charge in [-0.05, 0) is 0 Å². The van der Waals surface area contributed by atoms with Crippen molar-refractivity contribution in [3.05, 3.63) is 69.1 Å². The van der Waals surface area contributed by atoms with Gasteiger partial charge in [0.1, 0.15) is 0 Å². The Balaban J connectivity index is -0.0000000727. The van der Waals surface area contributed by atoms with Crippen LogP contribution >= 0.6 is 0 Å². The molecule has 1 rings (SSSR count). The topological polar surface area (TPSA) is 109 Å². The van der Waals surface area contributed by atoms with Gasteiger partial charge >= 0.3 is 134 Å². The molecule has 0 fully saturated rings. The van der Waals surface area contributed by atoms with Crippen molar-refractivity contribution in [3.63, 3.8) is 0 Å². The fraction of sp³-hybridized carbons (Fsp3) is 0.143. The molecule has 0 bridgehead atoms. The molecule has 0 radical (unpaired) electrons. The van der Waals surface area contributed by atoms with Gasteiger partial charge in [0.2, 0.25) is 0 Å². The van der Waals surface area contributed by atoms with Crippen molar-refractivity contribution in [1.29, 1.82) is 0 Å². The van der Waals surface area contributed by atoms with Crippen LogP contribution in [0.4, 0.5) is 0 Å². The van der Waals surface area contributed by atoms with Crippen molar-refractivity contribution >= 4 is 4.08 Å². The fourth-order valence-electron chi connectivity index (χ4n) is 0.789. The Labute approximate surface area is 134 Å². The summed E-state index contributed by atoms with van der Waals surface area (Å²) in [6, 6.07) is 10.2. The number of rotatable bonds is 3. The van der Waals surface area contributed by atoms with Gasteiger partial charge in [-0.3, -0.25) is 0 Å². The van der Waals surface area contributed by atoms with Crippen molar-refractivity contribution in [3.8, 4) is 0 Å². The summed E-state index contributed by atoms with van der Waals surface area (Å²) < 4.78 is 44.0. The van der Waals surface area contributed by atoms with E-state index in [1.54, 1.807) is 0 Å². The molecule has 0 unspecified atom stereocenters. The average Bonchev–Trinajstić information content (AvgIpc) is 2.64. The van der Waals surface area contributed by atoms with Gasteiger partial charge in [-0.1, -0.05) is 0 Å². The molecular formula is C14H10O6W. The minimum atomic E-state index is 0.758. The fourth-order valence-corrected chi connectivity index (χ4v) is 1.70. The second-order valence-corrected chi connectivity index (χ2v) is 3.42. The van der Waals surface area contributed by atoms with Crippen molar-refractivity contribution in [2.45, 2.75) is 6.92 Å². The first-order chi connectivity index (χ1) is 10.3. The Hall–Kier alpha value is -1.56. The summed E-state index contributed by atoms with van der Waals surface area (Å²) in [7, 11) is 0. The molecule has 108 valence electrons. The van der Waals surface area contributed by atoms with Crippen molar-refractivity contribution in [2.24, 2.45) is 0 Å². The molecule has 0 aliphatic carbocycles. The van der Waals surface area contributed by atoms with Crippen molar-refractivity contribution in [2.75, 3.05) is 6.61 Å². The van der Waals surface area contributed by atoms with Crippen molar-refractivity contribution < 1.29 is 47.4 Å². The third kappa shape index (κ3) is 27.6. The van der Waals surface area contributed by atoms with Crippen LogP contribution in [-0.4, -0.2) is 10.7 Å². The monoisotopic (exact) mass is 458 g/mol. The van der Waals surface area contributed by atoms with Gasteiger partial charge in [0.15, 0.2) is 0 Å². The molecule has 0 aliphatic rings. The zero-order valence-corrected chi connectivity index (χ0v) is 13.9. The molecule has 0 aromatic heterocycles. The van der Waals surface area contributed by atoms with Crippen LogP contribution in [0.2, 0.25) is 0 Å². The Morgan fingerprint density at radius 1 is 0.857 bits per heavy atom. The SMILES string of the molecule is CCO[C](=[W])c1ccccc1.[C-]#[O+].[C-]#[O+].[C-]#[O+].[C-]#[O+].[C-]#[O+]. The Morgan fingerprint density at radius 3 is 1.48 bits per heavy atom. The quantitative estimate of drug-likeness (QED) is 0.498. The van der Waals surface area contributed by atoms with Gasteiger partial charge in [-0.15, -0.1) is 0 Å². The molecule has 0 saturated carbocycles. The van der Waals surface area contributed by atoms with Crippen LogP contribution in [0.1, 0.15) is 12.5 Å². The summed E-state index contributed by atoms with van der Waals surface area (Å²) in [5.74, 6) is 0. The summed E-state index contributed by atoms with van der Waals surface area (Å²) in [5.41, 5.74) is 1.20. The third-order valence-electron chi connectivity index (χ3n) is 1.28. The Morgan fingerprint density at radius 2 is 1.19 bits per heavy atom. The first kappa shape index (κ1) is 31.7. The van der Waals surface area contributed by atoms with Crippen molar-refractivity contribution in [1.82, 2.24) is 0 Å². The van der Waals surface area contributed by atoms with Crippen LogP contribution in [0.25, 0.3) is 0 Å². The van der Waals surface area contributed by atoms with E-state index in [0.29, 0.717) is 0 Å². The molecule has 0 heterocycles. The van der Waals surface area contributed by atoms with E-state index in [1.807, 2.05) is 25.1 Å². The van der Waals surface area contributed by atoms with Gasteiger partial charge in [0.25, 0.3) is 0 Å².